The van der Waals surface area contributed by atoms with Gasteiger partial charge in [-0.2, -0.15) is 11.8 Å². The molecule has 3 nitrogen and oxygen atoms in total. The van der Waals surface area contributed by atoms with E-state index < -0.39 is 0 Å². The molecule has 0 saturated carbocycles. The van der Waals surface area contributed by atoms with Gasteiger partial charge >= 0.3 is 0 Å². The number of hydrogen-bond donors (Lipinski definition) is 2. The first kappa shape index (κ1) is 15.7. The number of rotatable bonds is 5. The van der Waals surface area contributed by atoms with E-state index in [1.165, 1.54) is 11.3 Å². The van der Waals surface area contributed by atoms with Crippen LogP contribution in [0.5, 0.6) is 0 Å². The Labute approximate surface area is 135 Å². The van der Waals surface area contributed by atoms with Crippen molar-refractivity contribution >= 4 is 60.7 Å². The first-order valence-corrected chi connectivity index (χ1v) is 9.35. The van der Waals surface area contributed by atoms with Crippen LogP contribution in [-0.4, -0.2) is 24.0 Å². The molecule has 0 fully saturated rings. The van der Waals surface area contributed by atoms with Crippen molar-refractivity contribution in [1.29, 1.82) is 0 Å². The predicted molar refractivity (Wildman–Crippen MR) is 93.9 cm³/mol. The van der Waals surface area contributed by atoms with Crippen LogP contribution in [-0.2, 0) is 0 Å². The molecular weight excluding hydrogens is 356 g/mol. The number of halogens is 1. The van der Waals surface area contributed by atoms with E-state index in [1.807, 2.05) is 24.5 Å². The van der Waals surface area contributed by atoms with Crippen molar-refractivity contribution in [2.75, 3.05) is 17.7 Å². The van der Waals surface area contributed by atoms with Gasteiger partial charge in [-0.1, -0.05) is 28.9 Å². The van der Waals surface area contributed by atoms with Crippen LogP contribution >= 0.6 is 39.0 Å². The molecule has 0 radical (unpaired) electrons. The van der Waals surface area contributed by atoms with Gasteiger partial charge in [0.1, 0.15) is 4.88 Å². The third-order valence-electron chi connectivity index (χ3n) is 3.10. The summed E-state index contributed by atoms with van der Waals surface area (Å²) in [6.07, 6.45) is 2.96. The Morgan fingerprint density at radius 1 is 1.55 bits per heavy atom. The second kappa shape index (κ2) is 6.83. The standard InChI is InChI=1S/C14H17BrN2OS2/c1-3-8(7-19-2)17-14(18)13-12(16)11-9(15)5-4-6-10(11)20-13/h4-6,8H,3,7,16H2,1-2H3,(H,17,18). The van der Waals surface area contributed by atoms with Gasteiger partial charge in [0.05, 0.1) is 5.69 Å². The number of benzene rings is 1. The molecule has 0 spiro atoms. The van der Waals surface area contributed by atoms with E-state index in [0.717, 1.165) is 26.7 Å². The highest BCUT2D eigenvalue weighted by Gasteiger charge is 2.19. The lowest BCUT2D eigenvalue weighted by Gasteiger charge is -2.15. The van der Waals surface area contributed by atoms with E-state index in [0.29, 0.717) is 10.6 Å². The molecule has 1 heterocycles. The Bertz CT molecular complexity index is 627. The molecule has 6 heteroatoms. The number of thioether (sulfide) groups is 1. The summed E-state index contributed by atoms with van der Waals surface area (Å²) in [5.41, 5.74) is 6.71. The second-order valence-electron chi connectivity index (χ2n) is 4.49. The summed E-state index contributed by atoms with van der Waals surface area (Å²) in [4.78, 5) is 13.0. The van der Waals surface area contributed by atoms with Crippen LogP contribution < -0.4 is 11.1 Å². The highest BCUT2D eigenvalue weighted by Crippen LogP contribution is 2.38. The van der Waals surface area contributed by atoms with Crippen LogP contribution in [0, 0.1) is 0 Å². The van der Waals surface area contributed by atoms with Crippen LogP contribution in [0.2, 0.25) is 0 Å². The monoisotopic (exact) mass is 372 g/mol. The van der Waals surface area contributed by atoms with Gasteiger partial charge < -0.3 is 11.1 Å². The molecule has 0 aliphatic carbocycles. The molecule has 3 N–H and O–H groups in total. The largest absolute Gasteiger partial charge is 0.397 e. The average Bonchev–Trinajstić information content (AvgIpc) is 2.77. The van der Waals surface area contributed by atoms with Crippen molar-refractivity contribution < 1.29 is 4.79 Å². The summed E-state index contributed by atoms with van der Waals surface area (Å²) in [5, 5.41) is 3.99. The normalized spacial score (nSPS) is 12.6. The zero-order chi connectivity index (χ0) is 14.7. The SMILES string of the molecule is CCC(CSC)NC(=O)c1sc2cccc(Br)c2c1N. The lowest BCUT2D eigenvalue weighted by molar-refractivity contribution is 0.0945. The van der Waals surface area contributed by atoms with Crippen LogP contribution in [0.4, 0.5) is 5.69 Å². The molecule has 2 rings (SSSR count). The van der Waals surface area contributed by atoms with Crippen molar-refractivity contribution in [2.24, 2.45) is 0 Å². The third-order valence-corrected chi connectivity index (χ3v) is 5.67. The van der Waals surface area contributed by atoms with Crippen molar-refractivity contribution in [3.05, 3.63) is 27.5 Å². The van der Waals surface area contributed by atoms with E-state index in [2.05, 4.69) is 28.2 Å². The predicted octanol–water partition coefficient (Wildman–Crippen LogP) is 4.12. The van der Waals surface area contributed by atoms with Gasteiger partial charge in [0.15, 0.2) is 0 Å². The number of nitrogens with one attached hydrogen (secondary N) is 1. The minimum absolute atomic E-state index is 0.0727. The molecule has 0 aliphatic heterocycles. The summed E-state index contributed by atoms with van der Waals surface area (Å²) in [7, 11) is 0. The number of carbonyl (C=O) groups excluding carboxylic acids is 1. The molecular formula is C14H17BrN2OS2. The lowest BCUT2D eigenvalue weighted by Crippen LogP contribution is -2.36. The van der Waals surface area contributed by atoms with Crippen molar-refractivity contribution in [3.63, 3.8) is 0 Å². The van der Waals surface area contributed by atoms with Gasteiger partial charge in [-0.3, -0.25) is 4.79 Å². The first-order chi connectivity index (χ1) is 9.58. The third kappa shape index (κ3) is 3.13. The summed E-state index contributed by atoms with van der Waals surface area (Å²) in [6.45, 7) is 2.08. The lowest BCUT2D eigenvalue weighted by atomic mass is 10.2. The van der Waals surface area contributed by atoms with Crippen LogP contribution in [0.25, 0.3) is 10.1 Å². The van der Waals surface area contributed by atoms with Gasteiger partial charge in [-0.25, -0.2) is 0 Å². The average molecular weight is 373 g/mol. The fourth-order valence-electron chi connectivity index (χ4n) is 2.01. The number of thiophene rings is 1. The van der Waals surface area contributed by atoms with E-state index in [4.69, 9.17) is 5.73 Å². The van der Waals surface area contributed by atoms with Crippen LogP contribution in [0.15, 0.2) is 22.7 Å². The first-order valence-electron chi connectivity index (χ1n) is 6.34. The Morgan fingerprint density at radius 2 is 2.30 bits per heavy atom. The zero-order valence-electron chi connectivity index (χ0n) is 11.4. The van der Waals surface area contributed by atoms with Gasteiger partial charge in [0.2, 0.25) is 0 Å². The highest BCUT2D eigenvalue weighted by molar-refractivity contribution is 9.10. The number of fused-ring (bicyclic) bond motifs is 1. The number of carbonyl (C=O) groups is 1. The molecule has 1 aromatic carbocycles. The smallest absolute Gasteiger partial charge is 0.263 e. The quantitative estimate of drug-likeness (QED) is 0.829. The Kier molecular flexibility index (Phi) is 5.35. The minimum atomic E-state index is -0.0727. The van der Waals surface area contributed by atoms with E-state index >= 15 is 0 Å². The summed E-state index contributed by atoms with van der Waals surface area (Å²) in [6, 6.07) is 6.06. The maximum absolute atomic E-state index is 12.4. The highest BCUT2D eigenvalue weighted by atomic mass is 79.9. The molecule has 1 unspecified atom stereocenters. The maximum atomic E-state index is 12.4. The summed E-state index contributed by atoms with van der Waals surface area (Å²) in [5.74, 6) is 0.841. The van der Waals surface area contributed by atoms with Gasteiger partial charge in [-0.15, -0.1) is 11.3 Å². The molecule has 1 amide bonds. The van der Waals surface area contributed by atoms with Crippen molar-refractivity contribution in [1.82, 2.24) is 5.32 Å². The molecule has 0 saturated heterocycles. The number of nitrogen functional groups attached to an aromatic ring is 1. The number of amides is 1. The minimum Gasteiger partial charge on any atom is -0.397 e. The Morgan fingerprint density at radius 3 is 2.90 bits per heavy atom. The maximum Gasteiger partial charge on any atom is 0.263 e. The Hall–Kier alpha value is -0.720. The summed E-state index contributed by atoms with van der Waals surface area (Å²) < 4.78 is 1.96. The van der Waals surface area contributed by atoms with Gasteiger partial charge in [0, 0.05) is 26.4 Å². The molecule has 1 atom stereocenters. The van der Waals surface area contributed by atoms with E-state index in [-0.39, 0.29) is 11.9 Å². The molecule has 20 heavy (non-hydrogen) atoms. The zero-order valence-corrected chi connectivity index (χ0v) is 14.6. The van der Waals surface area contributed by atoms with Gasteiger partial charge in [-0.05, 0) is 24.8 Å². The van der Waals surface area contributed by atoms with Crippen molar-refractivity contribution in [2.45, 2.75) is 19.4 Å². The molecule has 2 aromatic rings. The fraction of sp³-hybridized carbons (Fsp3) is 0.357. The topological polar surface area (TPSA) is 55.1 Å². The van der Waals surface area contributed by atoms with Crippen LogP contribution in [0.1, 0.15) is 23.0 Å². The number of anilines is 1. The molecule has 0 bridgehead atoms. The fourth-order valence-corrected chi connectivity index (χ4v) is 4.50. The van der Waals surface area contributed by atoms with E-state index in [1.54, 1.807) is 11.8 Å². The summed E-state index contributed by atoms with van der Waals surface area (Å²) >= 11 is 6.67. The second-order valence-corrected chi connectivity index (χ2v) is 7.31. The van der Waals surface area contributed by atoms with Crippen molar-refractivity contribution in [3.8, 4) is 0 Å². The Balaban J connectivity index is 2.31. The van der Waals surface area contributed by atoms with E-state index in [9.17, 15) is 4.79 Å². The van der Waals surface area contributed by atoms with Gasteiger partial charge in [0.25, 0.3) is 5.91 Å². The molecule has 0 aliphatic rings. The number of nitrogens with two attached hydrogens (primary N) is 1. The number of hydrogen-bond acceptors (Lipinski definition) is 4. The van der Waals surface area contributed by atoms with Crippen LogP contribution in [0.3, 0.4) is 0 Å². The molecule has 108 valence electrons. The molecule has 1 aromatic heterocycles.